The van der Waals surface area contributed by atoms with E-state index in [1.54, 1.807) is 0 Å². The Bertz CT molecular complexity index is 553. The lowest BCUT2D eigenvalue weighted by Crippen LogP contribution is -2.39. The molecule has 2 amide bonds. The summed E-state index contributed by atoms with van der Waals surface area (Å²) in [6.07, 6.45) is 4.96. The van der Waals surface area contributed by atoms with Crippen molar-refractivity contribution in [2.45, 2.75) is 52.4 Å². The molecule has 1 aliphatic rings. The number of rotatable bonds is 2. The van der Waals surface area contributed by atoms with Gasteiger partial charge >= 0.3 is 11.8 Å². The van der Waals surface area contributed by atoms with Crippen molar-refractivity contribution in [1.29, 1.82) is 0 Å². The van der Waals surface area contributed by atoms with Crippen molar-refractivity contribution in [2.75, 3.05) is 5.32 Å². The molecule has 1 aromatic rings. The van der Waals surface area contributed by atoms with Crippen LogP contribution in [0.25, 0.3) is 0 Å². The van der Waals surface area contributed by atoms with Gasteiger partial charge in [-0.2, -0.15) is 0 Å². The summed E-state index contributed by atoms with van der Waals surface area (Å²) in [5.74, 6) is 4.71. The first-order chi connectivity index (χ1) is 10.8. The van der Waals surface area contributed by atoms with Crippen molar-refractivity contribution in [3.63, 3.8) is 0 Å². The predicted octanol–water partition coefficient (Wildman–Crippen LogP) is 2.93. The third kappa shape index (κ3) is 4.55. The molecule has 0 unspecified atom stereocenters. The molecule has 126 valence electrons. The average molecular weight is 317 g/mol. The molecule has 23 heavy (non-hydrogen) atoms. The first-order valence-corrected chi connectivity index (χ1v) is 8.23. The molecule has 0 spiro atoms. The number of hydrazine groups is 1. The largest absolute Gasteiger partial charge is 0.323 e. The van der Waals surface area contributed by atoms with Crippen LogP contribution >= 0.6 is 0 Å². The highest BCUT2D eigenvalue weighted by atomic mass is 16.2. The highest BCUT2D eigenvalue weighted by Crippen LogP contribution is 2.43. The second-order valence-electron chi connectivity index (χ2n) is 7.46. The van der Waals surface area contributed by atoms with E-state index in [1.807, 2.05) is 29.7 Å². The van der Waals surface area contributed by atoms with Crippen LogP contribution < -0.4 is 16.6 Å². The molecule has 0 heterocycles. The van der Waals surface area contributed by atoms with Gasteiger partial charge in [0.25, 0.3) is 0 Å². The van der Waals surface area contributed by atoms with E-state index in [0.29, 0.717) is 17.0 Å². The summed E-state index contributed by atoms with van der Waals surface area (Å²) in [6, 6.07) is 7.76. The number of hydrogen-bond acceptors (Lipinski definition) is 3. The maximum Gasteiger partial charge on any atom is 0.323 e. The van der Waals surface area contributed by atoms with Gasteiger partial charge < -0.3 is 5.32 Å². The molecule has 5 heteroatoms. The van der Waals surface area contributed by atoms with Crippen molar-refractivity contribution in [3.8, 4) is 0 Å². The van der Waals surface area contributed by atoms with Gasteiger partial charge in [-0.3, -0.25) is 15.0 Å². The van der Waals surface area contributed by atoms with Crippen LogP contribution in [0, 0.1) is 11.3 Å². The molecule has 5 nitrogen and oxygen atoms in total. The monoisotopic (exact) mass is 317 g/mol. The van der Waals surface area contributed by atoms with Gasteiger partial charge in [0.1, 0.15) is 0 Å². The first kappa shape index (κ1) is 17.5. The number of anilines is 1. The number of hydrogen-bond donors (Lipinski definition) is 3. The molecule has 0 bridgehead atoms. The predicted molar refractivity (Wildman–Crippen MR) is 91.6 cm³/mol. The van der Waals surface area contributed by atoms with E-state index in [4.69, 9.17) is 5.84 Å². The van der Waals surface area contributed by atoms with Gasteiger partial charge in [-0.1, -0.05) is 32.9 Å². The minimum atomic E-state index is -0.852. The lowest BCUT2D eigenvalue weighted by Gasteiger charge is -2.37. The topological polar surface area (TPSA) is 84.2 Å². The average Bonchev–Trinajstić information content (AvgIpc) is 2.54. The van der Waals surface area contributed by atoms with Crippen molar-refractivity contribution >= 4 is 17.5 Å². The van der Waals surface area contributed by atoms with E-state index in [1.165, 1.54) is 31.2 Å². The van der Waals surface area contributed by atoms with E-state index in [-0.39, 0.29) is 0 Å². The van der Waals surface area contributed by atoms with Crippen LogP contribution in [-0.2, 0) is 9.59 Å². The van der Waals surface area contributed by atoms with E-state index < -0.39 is 11.8 Å². The summed E-state index contributed by atoms with van der Waals surface area (Å²) in [5, 5.41) is 2.52. The molecule has 0 aliphatic heterocycles. The summed E-state index contributed by atoms with van der Waals surface area (Å²) in [5.41, 5.74) is 4.11. The molecule has 1 fully saturated rings. The summed E-state index contributed by atoms with van der Waals surface area (Å²) in [4.78, 5) is 22.6. The maximum atomic E-state index is 11.5. The minimum Gasteiger partial charge on any atom is -0.318 e. The van der Waals surface area contributed by atoms with Crippen LogP contribution in [-0.4, -0.2) is 11.8 Å². The number of carbonyl (C=O) groups excluding carboxylic acids is 2. The Labute approximate surface area is 138 Å². The zero-order chi connectivity index (χ0) is 17.0. The Morgan fingerprint density at radius 2 is 1.57 bits per heavy atom. The van der Waals surface area contributed by atoms with Crippen LogP contribution in [0.5, 0.6) is 0 Å². The highest BCUT2D eigenvalue weighted by Gasteiger charge is 2.30. The molecule has 0 atom stereocenters. The zero-order valence-electron chi connectivity index (χ0n) is 14.2. The molecule has 0 aromatic heterocycles. The van der Waals surface area contributed by atoms with Gasteiger partial charge in [0.15, 0.2) is 0 Å². The van der Waals surface area contributed by atoms with E-state index >= 15 is 0 Å². The second-order valence-corrected chi connectivity index (χ2v) is 7.46. The molecule has 4 N–H and O–H groups in total. The van der Waals surface area contributed by atoms with Gasteiger partial charge in [0, 0.05) is 5.69 Å². The fourth-order valence-corrected chi connectivity index (χ4v) is 3.38. The van der Waals surface area contributed by atoms with Gasteiger partial charge in [-0.05, 0) is 60.6 Å². The number of nitrogens with two attached hydrogens (primary N) is 1. The van der Waals surface area contributed by atoms with Crippen LogP contribution in [0.3, 0.4) is 0 Å². The second kappa shape index (κ2) is 7.13. The maximum absolute atomic E-state index is 11.5. The molecule has 0 radical (unpaired) electrons. The summed E-state index contributed by atoms with van der Waals surface area (Å²) < 4.78 is 0. The fourth-order valence-electron chi connectivity index (χ4n) is 3.38. The van der Waals surface area contributed by atoms with Crippen molar-refractivity contribution in [2.24, 2.45) is 17.2 Å². The Hall–Kier alpha value is -1.88. The van der Waals surface area contributed by atoms with E-state index in [0.717, 1.165) is 5.92 Å². The smallest absolute Gasteiger partial charge is 0.318 e. The zero-order valence-corrected chi connectivity index (χ0v) is 14.2. The summed E-state index contributed by atoms with van der Waals surface area (Å²) >= 11 is 0. The lowest BCUT2D eigenvalue weighted by atomic mass is 9.69. The molecule has 1 aliphatic carbocycles. The lowest BCUT2D eigenvalue weighted by molar-refractivity contribution is -0.136. The van der Waals surface area contributed by atoms with Gasteiger partial charge in [0.05, 0.1) is 0 Å². The standard InChI is InChI=1S/C18H27N3O2/c1-18(2,3)14-8-4-12(5-9-14)13-6-10-15(11-7-13)20-16(22)17(23)21-19/h6-7,10-12,14H,4-5,8-9,19H2,1-3H3,(H,20,22)(H,21,23). The van der Waals surface area contributed by atoms with Crippen LogP contribution in [0.1, 0.15) is 57.9 Å². The first-order valence-electron chi connectivity index (χ1n) is 8.23. The Kier molecular flexibility index (Phi) is 5.42. The normalized spacial score (nSPS) is 21.6. The van der Waals surface area contributed by atoms with Gasteiger partial charge in [0.2, 0.25) is 0 Å². The van der Waals surface area contributed by atoms with E-state index in [9.17, 15) is 9.59 Å². The summed E-state index contributed by atoms with van der Waals surface area (Å²) in [6.45, 7) is 6.98. The van der Waals surface area contributed by atoms with Crippen molar-refractivity contribution in [1.82, 2.24) is 5.43 Å². The van der Waals surface area contributed by atoms with Crippen LogP contribution in [0.15, 0.2) is 24.3 Å². The number of carbonyl (C=O) groups is 2. The minimum absolute atomic E-state index is 0.392. The fraction of sp³-hybridized carbons (Fsp3) is 0.556. The number of nitrogens with one attached hydrogen (secondary N) is 2. The molecular weight excluding hydrogens is 290 g/mol. The van der Waals surface area contributed by atoms with Crippen molar-refractivity contribution in [3.05, 3.63) is 29.8 Å². The van der Waals surface area contributed by atoms with Crippen LogP contribution in [0.2, 0.25) is 0 Å². The molecule has 1 saturated carbocycles. The SMILES string of the molecule is CC(C)(C)C1CCC(c2ccc(NC(=O)C(=O)NN)cc2)CC1. The van der Waals surface area contributed by atoms with Crippen LogP contribution in [0.4, 0.5) is 5.69 Å². The highest BCUT2D eigenvalue weighted by molar-refractivity contribution is 6.39. The number of benzene rings is 1. The molecular formula is C18H27N3O2. The van der Waals surface area contributed by atoms with Gasteiger partial charge in [-0.15, -0.1) is 0 Å². The third-order valence-electron chi connectivity index (χ3n) is 4.93. The van der Waals surface area contributed by atoms with Gasteiger partial charge in [-0.25, -0.2) is 5.84 Å². The summed E-state index contributed by atoms with van der Waals surface area (Å²) in [7, 11) is 0. The van der Waals surface area contributed by atoms with Crippen molar-refractivity contribution < 1.29 is 9.59 Å². The quantitative estimate of drug-likeness (QED) is 0.339. The Morgan fingerprint density at radius 3 is 2.04 bits per heavy atom. The molecule has 2 rings (SSSR count). The Balaban J connectivity index is 1.93. The Morgan fingerprint density at radius 1 is 1.00 bits per heavy atom. The van der Waals surface area contributed by atoms with E-state index in [2.05, 4.69) is 26.1 Å². The molecule has 1 aromatic carbocycles. The third-order valence-corrected chi connectivity index (χ3v) is 4.93. The number of amides is 2. The molecule has 0 saturated heterocycles.